The first-order valence-electron chi connectivity index (χ1n) is 7.74. The molecule has 1 saturated heterocycles. The molecule has 1 aromatic rings. The minimum Gasteiger partial charge on any atom is -0.496 e. The zero-order valence-corrected chi connectivity index (χ0v) is 16.0. The summed E-state index contributed by atoms with van der Waals surface area (Å²) in [5, 5.41) is 3.46. The van der Waals surface area contributed by atoms with Gasteiger partial charge in [0, 0.05) is 35.7 Å². The first-order valence-corrected chi connectivity index (χ1v) is 8.53. The van der Waals surface area contributed by atoms with Gasteiger partial charge in [0.1, 0.15) is 11.4 Å². The number of amides is 1. The van der Waals surface area contributed by atoms with E-state index in [-0.39, 0.29) is 12.1 Å². The zero-order valence-electron chi connectivity index (χ0n) is 14.4. The summed E-state index contributed by atoms with van der Waals surface area (Å²) in [4.78, 5) is 13.6. The third-order valence-corrected chi connectivity index (χ3v) is 4.09. The van der Waals surface area contributed by atoms with Crippen LogP contribution in [0.4, 0.5) is 4.79 Å². The largest absolute Gasteiger partial charge is 0.496 e. The quantitative estimate of drug-likeness (QED) is 0.863. The number of halogens is 1. The van der Waals surface area contributed by atoms with Crippen molar-refractivity contribution >= 4 is 22.0 Å². The maximum Gasteiger partial charge on any atom is 0.410 e. The minimum atomic E-state index is -0.448. The first-order chi connectivity index (χ1) is 10.7. The maximum absolute atomic E-state index is 11.9. The van der Waals surface area contributed by atoms with Crippen LogP contribution in [0.25, 0.3) is 0 Å². The molecular weight excluding hydrogens is 360 g/mol. The van der Waals surface area contributed by atoms with E-state index in [1.807, 2.05) is 33.8 Å². The van der Waals surface area contributed by atoms with Crippen molar-refractivity contribution < 1.29 is 14.3 Å². The second-order valence-corrected chi connectivity index (χ2v) is 7.79. The number of ether oxygens (including phenoxy) is 2. The number of benzene rings is 1. The van der Waals surface area contributed by atoms with Gasteiger partial charge in [-0.3, -0.25) is 0 Å². The van der Waals surface area contributed by atoms with Gasteiger partial charge in [0.25, 0.3) is 0 Å². The van der Waals surface area contributed by atoms with Gasteiger partial charge in [-0.15, -0.1) is 0 Å². The molecule has 0 spiro atoms. The Morgan fingerprint density at radius 3 is 2.61 bits per heavy atom. The molecule has 1 aromatic carbocycles. The monoisotopic (exact) mass is 384 g/mol. The van der Waals surface area contributed by atoms with E-state index in [4.69, 9.17) is 9.47 Å². The summed E-state index contributed by atoms with van der Waals surface area (Å²) < 4.78 is 11.9. The molecule has 0 unspecified atom stereocenters. The molecule has 6 heteroatoms. The summed E-state index contributed by atoms with van der Waals surface area (Å²) >= 11 is 3.52. The molecule has 1 N–H and O–H groups in total. The molecule has 2 rings (SSSR count). The molecule has 1 amide bonds. The summed E-state index contributed by atoms with van der Waals surface area (Å²) in [5.41, 5.74) is 1.76. The van der Waals surface area contributed by atoms with Crippen molar-refractivity contribution in [2.45, 2.75) is 45.9 Å². The van der Waals surface area contributed by atoms with Crippen LogP contribution < -0.4 is 10.1 Å². The van der Waals surface area contributed by atoms with Crippen molar-refractivity contribution in [1.82, 2.24) is 10.2 Å². The molecule has 5 nitrogen and oxygen atoms in total. The van der Waals surface area contributed by atoms with E-state index in [1.54, 1.807) is 12.0 Å². The van der Waals surface area contributed by atoms with Gasteiger partial charge < -0.3 is 19.7 Å². The molecule has 23 heavy (non-hydrogen) atoms. The Balaban J connectivity index is 1.85. The molecule has 128 valence electrons. The second kappa shape index (κ2) is 7.09. The average molecular weight is 385 g/mol. The van der Waals surface area contributed by atoms with E-state index in [0.29, 0.717) is 19.6 Å². The van der Waals surface area contributed by atoms with Crippen LogP contribution in [0, 0.1) is 6.92 Å². The van der Waals surface area contributed by atoms with Gasteiger partial charge in [-0.2, -0.15) is 0 Å². The van der Waals surface area contributed by atoms with Crippen molar-refractivity contribution in [3.8, 4) is 5.75 Å². The summed E-state index contributed by atoms with van der Waals surface area (Å²) in [5.74, 6) is 0.907. The fraction of sp³-hybridized carbons (Fsp3) is 0.588. The minimum absolute atomic E-state index is 0.244. The van der Waals surface area contributed by atoms with Crippen LogP contribution in [-0.2, 0) is 11.3 Å². The number of aryl methyl sites for hydroxylation is 1. The number of nitrogens with zero attached hydrogens (tertiary/aromatic N) is 1. The van der Waals surface area contributed by atoms with Crippen molar-refractivity contribution in [2.75, 3.05) is 20.2 Å². The molecule has 0 radical (unpaired) electrons. The van der Waals surface area contributed by atoms with Crippen molar-refractivity contribution in [3.05, 3.63) is 27.7 Å². The molecule has 1 aliphatic rings. The van der Waals surface area contributed by atoms with Gasteiger partial charge in [-0.25, -0.2) is 4.79 Å². The number of likely N-dealkylation sites (tertiary alicyclic amines) is 1. The SMILES string of the molecule is COc1c(C)cc(Br)cc1CNC1CN(C(=O)OC(C)(C)C)C1. The van der Waals surface area contributed by atoms with Gasteiger partial charge in [0.15, 0.2) is 0 Å². The summed E-state index contributed by atoms with van der Waals surface area (Å²) in [6, 6.07) is 4.38. The third-order valence-electron chi connectivity index (χ3n) is 3.63. The first kappa shape index (κ1) is 18.1. The topological polar surface area (TPSA) is 50.8 Å². The zero-order chi connectivity index (χ0) is 17.2. The Morgan fingerprint density at radius 1 is 1.39 bits per heavy atom. The highest BCUT2D eigenvalue weighted by Crippen LogP contribution is 2.28. The molecule has 0 saturated carbocycles. The van der Waals surface area contributed by atoms with E-state index in [0.717, 1.165) is 21.3 Å². The van der Waals surface area contributed by atoms with Gasteiger partial charge in [-0.05, 0) is 45.4 Å². The van der Waals surface area contributed by atoms with Crippen LogP contribution in [0.3, 0.4) is 0 Å². The van der Waals surface area contributed by atoms with Crippen LogP contribution >= 0.6 is 15.9 Å². The smallest absolute Gasteiger partial charge is 0.410 e. The Morgan fingerprint density at radius 2 is 2.04 bits per heavy atom. The summed E-state index contributed by atoms with van der Waals surface area (Å²) in [6.45, 7) is 9.71. The summed E-state index contributed by atoms with van der Waals surface area (Å²) in [6.07, 6.45) is -0.244. The highest BCUT2D eigenvalue weighted by molar-refractivity contribution is 9.10. The lowest BCUT2D eigenvalue weighted by Crippen LogP contribution is -2.60. The lowest BCUT2D eigenvalue weighted by molar-refractivity contribution is 0.00517. The number of carbonyl (C=O) groups is 1. The van der Waals surface area contributed by atoms with Crippen LogP contribution in [0.15, 0.2) is 16.6 Å². The number of hydrogen-bond acceptors (Lipinski definition) is 4. The molecule has 0 aromatic heterocycles. The number of nitrogens with one attached hydrogen (secondary N) is 1. The predicted molar refractivity (Wildman–Crippen MR) is 93.9 cm³/mol. The number of carbonyl (C=O) groups excluding carboxylic acids is 1. The number of rotatable bonds is 4. The number of methoxy groups -OCH3 is 1. The molecule has 0 aliphatic carbocycles. The van der Waals surface area contributed by atoms with Crippen molar-refractivity contribution in [3.63, 3.8) is 0 Å². The molecule has 1 aliphatic heterocycles. The lowest BCUT2D eigenvalue weighted by Gasteiger charge is -2.40. The second-order valence-electron chi connectivity index (χ2n) is 6.88. The van der Waals surface area contributed by atoms with Crippen LogP contribution in [-0.4, -0.2) is 42.8 Å². The van der Waals surface area contributed by atoms with Crippen LogP contribution in [0.5, 0.6) is 5.75 Å². The van der Waals surface area contributed by atoms with Crippen LogP contribution in [0.1, 0.15) is 31.9 Å². The fourth-order valence-corrected chi connectivity index (χ4v) is 3.18. The van der Waals surface area contributed by atoms with Crippen molar-refractivity contribution in [2.24, 2.45) is 0 Å². The van der Waals surface area contributed by atoms with E-state index in [1.165, 1.54) is 0 Å². The van der Waals surface area contributed by atoms with Gasteiger partial charge in [0.2, 0.25) is 0 Å². The Bertz CT molecular complexity index is 578. The Kier molecular flexibility index (Phi) is 5.57. The number of hydrogen-bond donors (Lipinski definition) is 1. The molecule has 0 bridgehead atoms. The van der Waals surface area contributed by atoms with Gasteiger partial charge in [0.05, 0.1) is 7.11 Å². The van der Waals surface area contributed by atoms with Gasteiger partial charge >= 0.3 is 6.09 Å². The highest BCUT2D eigenvalue weighted by atomic mass is 79.9. The molecule has 1 fully saturated rings. The van der Waals surface area contributed by atoms with E-state index in [9.17, 15) is 4.79 Å². The molecule has 1 heterocycles. The summed E-state index contributed by atoms with van der Waals surface area (Å²) in [7, 11) is 1.69. The Hall–Kier alpha value is -1.27. The van der Waals surface area contributed by atoms with E-state index in [2.05, 4.69) is 27.3 Å². The lowest BCUT2D eigenvalue weighted by atomic mass is 10.1. The predicted octanol–water partition coefficient (Wildman–Crippen LogP) is 3.48. The Labute approximate surface area is 146 Å². The van der Waals surface area contributed by atoms with E-state index >= 15 is 0 Å². The van der Waals surface area contributed by atoms with Crippen molar-refractivity contribution in [1.29, 1.82) is 0 Å². The van der Waals surface area contributed by atoms with E-state index < -0.39 is 5.60 Å². The maximum atomic E-state index is 11.9. The van der Waals surface area contributed by atoms with Gasteiger partial charge in [-0.1, -0.05) is 15.9 Å². The third kappa shape index (κ3) is 4.85. The average Bonchev–Trinajstić information content (AvgIpc) is 2.33. The standard InChI is InChI=1S/C17H25BrN2O3/c1-11-6-13(18)7-12(15(11)22-5)8-19-14-9-20(10-14)16(21)23-17(2,3)4/h6-7,14,19H,8-10H2,1-5H3. The molecule has 0 atom stereocenters. The molecular formula is C17H25BrN2O3. The van der Waals surface area contributed by atoms with Crippen LogP contribution in [0.2, 0.25) is 0 Å². The fourth-order valence-electron chi connectivity index (χ4n) is 2.56. The normalized spacial score (nSPS) is 15.3. The highest BCUT2D eigenvalue weighted by Gasteiger charge is 2.33.